The van der Waals surface area contributed by atoms with Crippen LogP contribution in [0.4, 0.5) is 5.82 Å². The fraction of sp³-hybridized carbons (Fsp3) is 0.615. The number of rotatable bonds is 8. The Morgan fingerprint density at radius 3 is 2.70 bits per heavy atom. The summed E-state index contributed by atoms with van der Waals surface area (Å²) in [7, 11) is 1.43. The van der Waals surface area contributed by atoms with Crippen molar-refractivity contribution in [1.29, 1.82) is 5.26 Å². The second-order valence-electron chi connectivity index (χ2n) is 10.2. The van der Waals surface area contributed by atoms with E-state index in [0.717, 1.165) is 25.7 Å². The number of fused-ring (bicyclic) bond motifs is 1. The fourth-order valence-electron chi connectivity index (χ4n) is 4.84. The molecule has 2 fully saturated rings. The minimum Gasteiger partial charge on any atom is -0.463 e. The van der Waals surface area contributed by atoms with Crippen LogP contribution in [0.5, 0.6) is 0 Å². The Balaban J connectivity index is 1.47. The molecular formula is C26H34N5O6. The van der Waals surface area contributed by atoms with E-state index >= 15 is 0 Å². The molecular weight excluding hydrogens is 478 g/mol. The van der Waals surface area contributed by atoms with Crippen molar-refractivity contribution in [3.8, 4) is 6.07 Å². The van der Waals surface area contributed by atoms with Gasteiger partial charge >= 0.3 is 5.97 Å². The second kappa shape index (κ2) is 11.1. The van der Waals surface area contributed by atoms with Gasteiger partial charge in [0.15, 0.2) is 5.82 Å². The zero-order chi connectivity index (χ0) is 26.6. The van der Waals surface area contributed by atoms with E-state index in [9.17, 15) is 20.0 Å². The number of ether oxygens (including phenoxy) is 3. The maximum Gasteiger partial charge on any atom is 0.306 e. The normalized spacial score (nSPS) is 24.9. The average molecular weight is 513 g/mol. The van der Waals surface area contributed by atoms with Gasteiger partial charge in [-0.3, -0.25) is 9.59 Å². The summed E-state index contributed by atoms with van der Waals surface area (Å²) in [5, 5.41) is 27.9. The monoisotopic (exact) mass is 512 g/mol. The zero-order valence-corrected chi connectivity index (χ0v) is 21.5. The molecule has 1 saturated carbocycles. The van der Waals surface area contributed by atoms with E-state index in [-0.39, 0.29) is 24.1 Å². The Morgan fingerprint density at radius 1 is 1.30 bits per heavy atom. The average Bonchev–Trinajstić information content (AvgIpc) is 3.35. The predicted molar refractivity (Wildman–Crippen MR) is 132 cm³/mol. The van der Waals surface area contributed by atoms with Crippen molar-refractivity contribution in [1.82, 2.24) is 14.6 Å². The number of methoxy groups -OCH3 is 1. The molecule has 3 atom stereocenters. The summed E-state index contributed by atoms with van der Waals surface area (Å²) in [5.74, 6) is -0.161. The number of hydrogen-bond donors (Lipinski definition) is 2. The van der Waals surface area contributed by atoms with Crippen LogP contribution in [0, 0.1) is 23.7 Å². The maximum atomic E-state index is 12.6. The summed E-state index contributed by atoms with van der Waals surface area (Å²) in [5.41, 5.74) is -2.22. The van der Waals surface area contributed by atoms with Crippen molar-refractivity contribution in [3.63, 3.8) is 0 Å². The predicted octanol–water partition coefficient (Wildman–Crippen LogP) is 2.68. The van der Waals surface area contributed by atoms with Crippen LogP contribution in [0.2, 0.25) is 0 Å². The number of nitrogens with zero attached hydrogens (tertiary/aromatic N) is 4. The van der Waals surface area contributed by atoms with Crippen molar-refractivity contribution in [3.05, 3.63) is 30.6 Å². The van der Waals surface area contributed by atoms with Crippen molar-refractivity contribution in [2.75, 3.05) is 19.0 Å². The summed E-state index contributed by atoms with van der Waals surface area (Å²) in [6, 6.07) is 5.28. The maximum absolute atomic E-state index is 12.6. The number of nitriles is 1. The van der Waals surface area contributed by atoms with Crippen molar-refractivity contribution < 1.29 is 28.9 Å². The van der Waals surface area contributed by atoms with Crippen LogP contribution in [0.3, 0.4) is 0 Å². The Kier molecular flexibility index (Phi) is 8.11. The first-order valence-corrected chi connectivity index (χ1v) is 12.7. The number of esters is 1. The van der Waals surface area contributed by atoms with Gasteiger partial charge in [0.05, 0.1) is 5.69 Å². The Morgan fingerprint density at radius 2 is 2.03 bits per heavy atom. The highest BCUT2D eigenvalue weighted by Crippen LogP contribution is 2.40. The molecule has 11 heteroatoms. The number of anilines is 1. The summed E-state index contributed by atoms with van der Waals surface area (Å²) in [6.45, 7) is 3.14. The molecule has 2 aliphatic rings. The summed E-state index contributed by atoms with van der Waals surface area (Å²) in [6.07, 6.45) is 7.74. The van der Waals surface area contributed by atoms with E-state index in [4.69, 9.17) is 14.2 Å². The summed E-state index contributed by atoms with van der Waals surface area (Å²) >= 11 is 0. The lowest BCUT2D eigenvalue weighted by Crippen LogP contribution is -2.39. The van der Waals surface area contributed by atoms with Gasteiger partial charge in [-0.25, -0.2) is 9.50 Å². The number of amides is 1. The quantitative estimate of drug-likeness (QED) is 0.402. The Hall–Kier alpha value is -3.07. The van der Waals surface area contributed by atoms with Gasteiger partial charge in [0, 0.05) is 20.0 Å². The van der Waals surface area contributed by atoms with E-state index < -0.39 is 29.3 Å². The lowest BCUT2D eigenvalue weighted by molar-refractivity contribution is -0.150. The smallest absolute Gasteiger partial charge is 0.306 e. The molecule has 11 nitrogen and oxygen atoms in total. The van der Waals surface area contributed by atoms with Gasteiger partial charge in [0.25, 0.3) is 5.91 Å². The van der Waals surface area contributed by atoms with Crippen LogP contribution in [0.15, 0.2) is 18.5 Å². The Labute approximate surface area is 216 Å². The van der Waals surface area contributed by atoms with E-state index in [2.05, 4.69) is 21.5 Å². The van der Waals surface area contributed by atoms with Crippen LogP contribution in [-0.2, 0) is 29.4 Å². The van der Waals surface area contributed by atoms with Gasteiger partial charge in [0.1, 0.15) is 42.3 Å². The molecule has 3 heterocycles. The standard InChI is InChI=1S/C26H34N5O6/c1-25(2,35-3)24(34)30-23-19-10-11-20(31(19)29-16-28-23)26(15-27)21(32)13-18(37-26)14-36-22(33)12-17-8-6-4-5-7-9-17/h10-11,13,16-18,21,32H,4-9,12,14H2,1-3H3,(H,28,29,30,34)/t18-,21-,26+/m1/s1. The molecule has 2 N–H and O–H groups in total. The SMILES string of the molecule is COC(C)(C)C(=O)Nc1ncnn2c([C@]3(C#N)O[C@@H](COC(=O)CC4CCCCCC4)[CH][C@H]3O)ccc12. The minimum absolute atomic E-state index is 0.0995. The highest BCUT2D eigenvalue weighted by atomic mass is 16.6. The van der Waals surface area contributed by atoms with Gasteiger partial charge in [-0.2, -0.15) is 10.4 Å². The van der Waals surface area contributed by atoms with Crippen LogP contribution < -0.4 is 5.32 Å². The number of carbonyl (C=O) groups excluding carboxylic acids is 2. The van der Waals surface area contributed by atoms with Crippen molar-refractivity contribution in [2.24, 2.45) is 5.92 Å². The first kappa shape index (κ1) is 27.0. The van der Waals surface area contributed by atoms with Gasteiger partial charge in [0.2, 0.25) is 5.60 Å². The van der Waals surface area contributed by atoms with Gasteiger partial charge in [-0.05, 0) is 44.7 Å². The van der Waals surface area contributed by atoms with E-state index in [1.165, 1.54) is 37.2 Å². The van der Waals surface area contributed by atoms with Crippen LogP contribution in [0.1, 0.15) is 64.5 Å². The fourth-order valence-corrected chi connectivity index (χ4v) is 4.84. The first-order chi connectivity index (χ1) is 17.7. The van der Waals surface area contributed by atoms with E-state index in [0.29, 0.717) is 17.9 Å². The molecule has 1 aliphatic carbocycles. The second-order valence-corrected chi connectivity index (χ2v) is 10.2. The minimum atomic E-state index is -1.79. The largest absolute Gasteiger partial charge is 0.463 e. The van der Waals surface area contributed by atoms with Crippen LogP contribution >= 0.6 is 0 Å². The first-order valence-electron chi connectivity index (χ1n) is 12.7. The number of carbonyl (C=O) groups is 2. The van der Waals surface area contributed by atoms with Gasteiger partial charge in [-0.1, -0.05) is 25.7 Å². The number of aliphatic hydroxyl groups is 1. The molecule has 0 spiro atoms. The highest BCUT2D eigenvalue weighted by molar-refractivity contribution is 5.98. The highest BCUT2D eigenvalue weighted by Gasteiger charge is 2.52. The van der Waals surface area contributed by atoms with Crippen LogP contribution in [-0.4, -0.2) is 63.1 Å². The number of hydrogen-bond acceptors (Lipinski definition) is 9. The molecule has 0 unspecified atom stereocenters. The molecule has 4 rings (SSSR count). The lowest BCUT2D eigenvalue weighted by atomic mass is 9.94. The van der Waals surface area contributed by atoms with Gasteiger partial charge < -0.3 is 24.6 Å². The molecule has 1 aliphatic heterocycles. The molecule has 0 bridgehead atoms. The van der Waals surface area contributed by atoms with Gasteiger partial charge in [-0.15, -0.1) is 0 Å². The molecule has 2 aromatic heterocycles. The summed E-state index contributed by atoms with van der Waals surface area (Å²) < 4.78 is 18.1. The van der Waals surface area contributed by atoms with Crippen LogP contribution in [0.25, 0.3) is 5.52 Å². The van der Waals surface area contributed by atoms with E-state index in [1.807, 2.05) is 0 Å². The number of aromatic nitrogens is 3. The molecule has 1 amide bonds. The molecule has 2 aromatic rings. The third kappa shape index (κ3) is 5.61. The lowest BCUT2D eigenvalue weighted by Gasteiger charge is -2.24. The molecule has 1 radical (unpaired) electrons. The number of aliphatic hydroxyl groups excluding tert-OH is 1. The van der Waals surface area contributed by atoms with Crippen molar-refractivity contribution >= 4 is 23.2 Å². The van der Waals surface area contributed by atoms with Crippen molar-refractivity contribution in [2.45, 2.75) is 82.2 Å². The molecule has 37 heavy (non-hydrogen) atoms. The molecule has 0 aromatic carbocycles. The molecule has 1 saturated heterocycles. The molecule has 199 valence electrons. The third-order valence-corrected chi connectivity index (χ3v) is 7.28. The summed E-state index contributed by atoms with van der Waals surface area (Å²) in [4.78, 5) is 29.2. The Bertz CT molecular complexity index is 1170. The van der Waals surface area contributed by atoms with E-state index in [1.54, 1.807) is 26.0 Å². The third-order valence-electron chi connectivity index (χ3n) is 7.28. The number of nitrogens with one attached hydrogen (secondary N) is 1. The zero-order valence-electron chi connectivity index (χ0n) is 21.5. The topological polar surface area (TPSA) is 148 Å².